The summed E-state index contributed by atoms with van der Waals surface area (Å²) in [5, 5.41) is 6.23. The van der Waals surface area contributed by atoms with Gasteiger partial charge in [-0.2, -0.15) is 4.98 Å². The zero-order valence-corrected chi connectivity index (χ0v) is 8.06. The van der Waals surface area contributed by atoms with Crippen LogP contribution in [0, 0.1) is 5.92 Å². The molecule has 14 heavy (non-hydrogen) atoms. The molecule has 6 nitrogen and oxygen atoms in total. The Hall–Kier alpha value is -1.43. The number of nitrogens with two attached hydrogens (primary N) is 1. The molecule has 6 heteroatoms. The molecule has 0 saturated heterocycles. The molecule has 1 unspecified atom stereocenters. The molecule has 0 fully saturated rings. The first-order chi connectivity index (χ1) is 6.72. The number of hydrogen-bond acceptors (Lipinski definition) is 5. The number of rotatable bonds is 5. The number of nitrogens with zero attached hydrogens (tertiary/aromatic N) is 2. The predicted molar refractivity (Wildman–Crippen MR) is 49.0 cm³/mol. The van der Waals surface area contributed by atoms with E-state index in [9.17, 15) is 4.79 Å². The van der Waals surface area contributed by atoms with Gasteiger partial charge in [-0.15, -0.1) is 0 Å². The minimum Gasteiger partial charge on any atom is -0.349 e. The van der Waals surface area contributed by atoms with Gasteiger partial charge in [0.05, 0.1) is 6.54 Å². The van der Waals surface area contributed by atoms with E-state index >= 15 is 0 Å². The fourth-order valence-corrected chi connectivity index (χ4v) is 0.920. The SMILES string of the molecule is CC(CN)CC(=O)NCc1ncon1. The highest BCUT2D eigenvalue weighted by Gasteiger charge is 2.07. The highest BCUT2D eigenvalue weighted by molar-refractivity contribution is 5.75. The zero-order chi connectivity index (χ0) is 10.4. The molecule has 1 amide bonds. The topological polar surface area (TPSA) is 94.0 Å². The Balaban J connectivity index is 2.22. The summed E-state index contributed by atoms with van der Waals surface area (Å²) in [6, 6.07) is 0. The van der Waals surface area contributed by atoms with Crippen LogP contribution in [0.15, 0.2) is 10.9 Å². The molecular weight excluding hydrogens is 184 g/mol. The van der Waals surface area contributed by atoms with Crippen molar-refractivity contribution in [3.05, 3.63) is 12.2 Å². The van der Waals surface area contributed by atoms with Crippen LogP contribution in [-0.4, -0.2) is 22.6 Å². The smallest absolute Gasteiger partial charge is 0.220 e. The highest BCUT2D eigenvalue weighted by Crippen LogP contribution is 1.98. The third-order valence-corrected chi connectivity index (χ3v) is 1.79. The standard InChI is InChI=1S/C8H14N4O2/c1-6(3-9)2-8(13)10-4-7-11-5-14-12-7/h5-6H,2-4,9H2,1H3,(H,10,13). The third-order valence-electron chi connectivity index (χ3n) is 1.79. The summed E-state index contributed by atoms with van der Waals surface area (Å²) in [7, 11) is 0. The fourth-order valence-electron chi connectivity index (χ4n) is 0.920. The van der Waals surface area contributed by atoms with E-state index < -0.39 is 0 Å². The molecule has 0 saturated carbocycles. The summed E-state index contributed by atoms with van der Waals surface area (Å²) in [5.41, 5.74) is 5.39. The summed E-state index contributed by atoms with van der Waals surface area (Å²) in [6.07, 6.45) is 1.65. The van der Waals surface area contributed by atoms with E-state index in [0.717, 1.165) is 0 Å². The summed E-state index contributed by atoms with van der Waals surface area (Å²) in [5.74, 6) is 0.617. The van der Waals surface area contributed by atoms with Crippen molar-refractivity contribution in [1.29, 1.82) is 0 Å². The molecule has 0 radical (unpaired) electrons. The molecule has 1 heterocycles. The maximum absolute atomic E-state index is 11.3. The summed E-state index contributed by atoms with van der Waals surface area (Å²) >= 11 is 0. The van der Waals surface area contributed by atoms with Crippen LogP contribution in [-0.2, 0) is 11.3 Å². The molecular formula is C8H14N4O2. The van der Waals surface area contributed by atoms with Crippen LogP contribution in [0.4, 0.5) is 0 Å². The average Bonchev–Trinajstić information content (AvgIpc) is 2.67. The number of nitrogens with one attached hydrogen (secondary N) is 1. The van der Waals surface area contributed by atoms with Crippen LogP contribution in [0.5, 0.6) is 0 Å². The lowest BCUT2D eigenvalue weighted by Crippen LogP contribution is -2.27. The van der Waals surface area contributed by atoms with E-state index in [0.29, 0.717) is 25.3 Å². The second-order valence-corrected chi connectivity index (χ2v) is 3.17. The Morgan fingerprint density at radius 3 is 3.14 bits per heavy atom. The number of amides is 1. The van der Waals surface area contributed by atoms with Gasteiger partial charge in [-0.1, -0.05) is 12.1 Å². The Morgan fingerprint density at radius 1 is 1.79 bits per heavy atom. The van der Waals surface area contributed by atoms with E-state index in [4.69, 9.17) is 5.73 Å². The molecule has 0 aliphatic rings. The highest BCUT2D eigenvalue weighted by atomic mass is 16.5. The van der Waals surface area contributed by atoms with Crippen LogP contribution in [0.1, 0.15) is 19.2 Å². The molecule has 3 N–H and O–H groups in total. The van der Waals surface area contributed by atoms with Crippen LogP contribution < -0.4 is 11.1 Å². The minimum absolute atomic E-state index is 0.0484. The molecule has 1 rings (SSSR count). The van der Waals surface area contributed by atoms with Gasteiger partial charge >= 0.3 is 0 Å². The Kier molecular flexibility index (Phi) is 4.06. The maximum atomic E-state index is 11.3. The molecule has 0 aliphatic carbocycles. The van der Waals surface area contributed by atoms with E-state index in [1.165, 1.54) is 6.39 Å². The van der Waals surface area contributed by atoms with Crippen LogP contribution in [0.25, 0.3) is 0 Å². The van der Waals surface area contributed by atoms with Gasteiger partial charge in [0.15, 0.2) is 5.82 Å². The van der Waals surface area contributed by atoms with Gasteiger partial charge in [0, 0.05) is 6.42 Å². The first kappa shape index (κ1) is 10.6. The van der Waals surface area contributed by atoms with Crippen molar-refractivity contribution in [3.8, 4) is 0 Å². The van der Waals surface area contributed by atoms with Crippen molar-refractivity contribution in [2.45, 2.75) is 19.9 Å². The Bertz CT molecular complexity index is 273. The molecule has 78 valence electrons. The second kappa shape index (κ2) is 5.33. The molecule has 0 spiro atoms. The van der Waals surface area contributed by atoms with Gasteiger partial charge in [-0.25, -0.2) is 0 Å². The zero-order valence-electron chi connectivity index (χ0n) is 8.06. The number of carbonyl (C=O) groups is 1. The molecule has 0 aliphatic heterocycles. The normalized spacial score (nSPS) is 12.4. The molecule has 1 aromatic heterocycles. The lowest BCUT2D eigenvalue weighted by molar-refractivity contribution is -0.122. The van der Waals surface area contributed by atoms with Gasteiger partial charge < -0.3 is 15.6 Å². The van der Waals surface area contributed by atoms with E-state index in [-0.39, 0.29) is 11.8 Å². The Labute approximate surface area is 81.9 Å². The van der Waals surface area contributed by atoms with Crippen molar-refractivity contribution >= 4 is 5.91 Å². The van der Waals surface area contributed by atoms with Crippen molar-refractivity contribution in [2.75, 3.05) is 6.54 Å². The lowest BCUT2D eigenvalue weighted by Gasteiger charge is -2.07. The summed E-state index contributed by atoms with van der Waals surface area (Å²) in [4.78, 5) is 15.0. The van der Waals surface area contributed by atoms with E-state index in [2.05, 4.69) is 20.0 Å². The minimum atomic E-state index is -0.0484. The molecule has 1 atom stereocenters. The van der Waals surface area contributed by atoms with Gasteiger partial charge in [-0.05, 0) is 12.5 Å². The number of aromatic nitrogens is 2. The van der Waals surface area contributed by atoms with Gasteiger partial charge in [-0.3, -0.25) is 4.79 Å². The van der Waals surface area contributed by atoms with Crippen LogP contribution in [0.3, 0.4) is 0 Å². The van der Waals surface area contributed by atoms with Gasteiger partial charge in [0.1, 0.15) is 0 Å². The summed E-state index contributed by atoms with van der Waals surface area (Å²) < 4.78 is 4.52. The van der Waals surface area contributed by atoms with Crippen molar-refractivity contribution in [1.82, 2.24) is 15.5 Å². The largest absolute Gasteiger partial charge is 0.349 e. The molecule has 0 bridgehead atoms. The lowest BCUT2D eigenvalue weighted by atomic mass is 10.1. The van der Waals surface area contributed by atoms with E-state index in [1.807, 2.05) is 6.92 Å². The third kappa shape index (κ3) is 3.53. The first-order valence-electron chi connectivity index (χ1n) is 4.44. The van der Waals surface area contributed by atoms with Crippen molar-refractivity contribution in [2.24, 2.45) is 11.7 Å². The van der Waals surface area contributed by atoms with Crippen molar-refractivity contribution < 1.29 is 9.32 Å². The predicted octanol–water partition coefficient (Wildman–Crippen LogP) is -0.329. The Morgan fingerprint density at radius 2 is 2.57 bits per heavy atom. The van der Waals surface area contributed by atoms with Gasteiger partial charge in [0.25, 0.3) is 0 Å². The van der Waals surface area contributed by atoms with Crippen LogP contribution >= 0.6 is 0 Å². The van der Waals surface area contributed by atoms with E-state index in [1.54, 1.807) is 0 Å². The first-order valence-corrected chi connectivity index (χ1v) is 4.44. The van der Waals surface area contributed by atoms with Gasteiger partial charge in [0.2, 0.25) is 12.3 Å². The number of hydrogen-bond donors (Lipinski definition) is 2. The number of carbonyl (C=O) groups excluding carboxylic acids is 1. The molecule has 0 aromatic carbocycles. The second-order valence-electron chi connectivity index (χ2n) is 3.17. The van der Waals surface area contributed by atoms with Crippen molar-refractivity contribution in [3.63, 3.8) is 0 Å². The molecule has 1 aromatic rings. The average molecular weight is 198 g/mol. The monoisotopic (exact) mass is 198 g/mol. The van der Waals surface area contributed by atoms with Crippen LogP contribution in [0.2, 0.25) is 0 Å². The quantitative estimate of drug-likeness (QED) is 0.675. The maximum Gasteiger partial charge on any atom is 0.220 e. The summed E-state index contributed by atoms with van der Waals surface area (Å²) in [6.45, 7) is 2.73. The fraction of sp³-hybridized carbons (Fsp3) is 0.625.